The largest absolute Gasteiger partial charge is 0.451 e. The SMILES string of the molecule is Cc1cc(C(=O)Nc2ccc(C#N)c(Cl)c2)nc(C(F)(F)F)n1. The van der Waals surface area contributed by atoms with E-state index in [0.29, 0.717) is 0 Å². The highest BCUT2D eigenvalue weighted by Crippen LogP contribution is 2.26. The predicted octanol–water partition coefficient (Wildman–Crippen LogP) is 3.58. The van der Waals surface area contributed by atoms with Crippen LogP contribution in [0.3, 0.4) is 0 Å². The minimum atomic E-state index is -4.75. The monoisotopic (exact) mass is 340 g/mol. The molecule has 0 aliphatic carbocycles. The number of alkyl halides is 3. The Hall–Kier alpha value is -2.66. The van der Waals surface area contributed by atoms with E-state index in [-0.39, 0.29) is 22.0 Å². The summed E-state index contributed by atoms with van der Waals surface area (Å²) >= 11 is 5.82. The maximum Gasteiger partial charge on any atom is 0.451 e. The lowest BCUT2D eigenvalue weighted by molar-refractivity contribution is -0.145. The van der Waals surface area contributed by atoms with E-state index in [1.165, 1.54) is 25.1 Å². The Morgan fingerprint density at radius 2 is 2.00 bits per heavy atom. The molecule has 1 N–H and O–H groups in total. The third-order valence-corrected chi connectivity index (χ3v) is 3.00. The minimum Gasteiger partial charge on any atom is -0.321 e. The Balaban J connectivity index is 2.30. The fraction of sp³-hybridized carbons (Fsp3) is 0.143. The van der Waals surface area contributed by atoms with Crippen LogP contribution in [0.5, 0.6) is 0 Å². The van der Waals surface area contributed by atoms with Crippen molar-refractivity contribution in [3.05, 3.63) is 52.1 Å². The average Bonchev–Trinajstić information content (AvgIpc) is 2.46. The van der Waals surface area contributed by atoms with Crippen molar-refractivity contribution >= 4 is 23.2 Å². The molecule has 1 heterocycles. The summed E-state index contributed by atoms with van der Waals surface area (Å²) < 4.78 is 38.0. The van der Waals surface area contributed by atoms with E-state index in [2.05, 4.69) is 15.3 Å². The molecule has 0 saturated carbocycles. The first-order chi connectivity index (χ1) is 10.7. The standard InChI is InChI=1S/C14H8ClF3N4O/c1-7-4-11(22-13(20-7)14(16,17)18)12(23)21-9-3-2-8(6-19)10(15)5-9/h2-5H,1H3,(H,21,23). The first kappa shape index (κ1) is 16.7. The zero-order valence-electron chi connectivity index (χ0n) is 11.6. The number of hydrogen-bond donors (Lipinski definition) is 1. The quantitative estimate of drug-likeness (QED) is 0.906. The predicted molar refractivity (Wildman–Crippen MR) is 75.9 cm³/mol. The fourth-order valence-electron chi connectivity index (χ4n) is 1.69. The first-order valence-corrected chi connectivity index (χ1v) is 6.52. The summed E-state index contributed by atoms with van der Waals surface area (Å²) in [5, 5.41) is 11.2. The lowest BCUT2D eigenvalue weighted by Gasteiger charge is -2.09. The summed E-state index contributed by atoms with van der Waals surface area (Å²) in [5.41, 5.74) is 0.0198. The number of nitrogens with one attached hydrogen (secondary N) is 1. The molecule has 0 bridgehead atoms. The fourth-order valence-corrected chi connectivity index (χ4v) is 1.91. The van der Waals surface area contributed by atoms with E-state index in [4.69, 9.17) is 16.9 Å². The molecule has 0 aliphatic heterocycles. The number of aryl methyl sites for hydroxylation is 1. The van der Waals surface area contributed by atoms with Crippen LogP contribution >= 0.6 is 11.6 Å². The van der Waals surface area contributed by atoms with Gasteiger partial charge in [0.05, 0.1) is 10.6 Å². The van der Waals surface area contributed by atoms with E-state index in [0.717, 1.165) is 6.07 Å². The number of benzene rings is 1. The summed E-state index contributed by atoms with van der Waals surface area (Å²) in [7, 11) is 0. The first-order valence-electron chi connectivity index (χ1n) is 6.14. The van der Waals surface area contributed by atoms with E-state index >= 15 is 0 Å². The van der Waals surface area contributed by atoms with Crippen LogP contribution in [0.25, 0.3) is 0 Å². The zero-order chi connectivity index (χ0) is 17.2. The molecule has 0 unspecified atom stereocenters. The van der Waals surface area contributed by atoms with Gasteiger partial charge in [-0.05, 0) is 31.2 Å². The van der Waals surface area contributed by atoms with Crippen molar-refractivity contribution in [2.24, 2.45) is 0 Å². The highest BCUT2D eigenvalue weighted by Gasteiger charge is 2.35. The van der Waals surface area contributed by atoms with Gasteiger partial charge in [-0.25, -0.2) is 9.97 Å². The third-order valence-electron chi connectivity index (χ3n) is 2.69. The third kappa shape index (κ3) is 3.96. The molecule has 0 saturated heterocycles. The van der Waals surface area contributed by atoms with Gasteiger partial charge in [-0.2, -0.15) is 18.4 Å². The van der Waals surface area contributed by atoms with Crippen molar-refractivity contribution in [2.75, 3.05) is 5.32 Å². The molecule has 0 radical (unpaired) electrons. The second kappa shape index (κ2) is 6.22. The molecule has 2 aromatic rings. The highest BCUT2D eigenvalue weighted by atomic mass is 35.5. The van der Waals surface area contributed by atoms with Crippen molar-refractivity contribution in [1.29, 1.82) is 5.26 Å². The molecule has 1 aromatic heterocycles. The zero-order valence-corrected chi connectivity index (χ0v) is 12.3. The second-order valence-electron chi connectivity index (χ2n) is 4.48. The number of halogens is 4. The number of anilines is 1. The van der Waals surface area contributed by atoms with Crippen molar-refractivity contribution in [2.45, 2.75) is 13.1 Å². The number of rotatable bonds is 2. The summed E-state index contributed by atoms with van der Waals surface area (Å²) in [6, 6.07) is 7.08. The van der Waals surface area contributed by atoms with Crippen LogP contribution < -0.4 is 5.32 Å². The van der Waals surface area contributed by atoms with Gasteiger partial charge in [0.1, 0.15) is 11.8 Å². The lowest BCUT2D eigenvalue weighted by atomic mass is 10.2. The van der Waals surface area contributed by atoms with Gasteiger partial charge in [-0.15, -0.1) is 0 Å². The number of aromatic nitrogens is 2. The van der Waals surface area contributed by atoms with Crippen LogP contribution in [0.2, 0.25) is 5.02 Å². The molecule has 5 nitrogen and oxygen atoms in total. The van der Waals surface area contributed by atoms with Crippen LogP contribution in [0.4, 0.5) is 18.9 Å². The summed E-state index contributed by atoms with van der Waals surface area (Å²) in [5.74, 6) is -2.23. The topological polar surface area (TPSA) is 78.7 Å². The van der Waals surface area contributed by atoms with Crippen LogP contribution in [0, 0.1) is 18.3 Å². The second-order valence-corrected chi connectivity index (χ2v) is 4.88. The lowest BCUT2D eigenvalue weighted by Crippen LogP contribution is -2.19. The van der Waals surface area contributed by atoms with Gasteiger partial charge in [-0.1, -0.05) is 11.6 Å². The Labute approximate surface area is 133 Å². The van der Waals surface area contributed by atoms with Gasteiger partial charge in [0.15, 0.2) is 0 Å². The van der Waals surface area contributed by atoms with E-state index in [1.807, 2.05) is 6.07 Å². The molecular formula is C14H8ClF3N4O. The molecule has 9 heteroatoms. The van der Waals surface area contributed by atoms with Crippen LogP contribution in [0.15, 0.2) is 24.3 Å². The Kier molecular flexibility index (Phi) is 4.52. The Morgan fingerprint density at radius 3 is 2.57 bits per heavy atom. The van der Waals surface area contributed by atoms with Gasteiger partial charge in [0.2, 0.25) is 5.82 Å². The molecule has 1 amide bonds. The summed E-state index contributed by atoms with van der Waals surface area (Å²) in [6.45, 7) is 1.33. The normalized spacial score (nSPS) is 11.0. The van der Waals surface area contributed by atoms with Crippen molar-refractivity contribution in [3.63, 3.8) is 0 Å². The van der Waals surface area contributed by atoms with Crippen LogP contribution in [-0.2, 0) is 6.18 Å². The van der Waals surface area contributed by atoms with Crippen LogP contribution in [-0.4, -0.2) is 15.9 Å². The van der Waals surface area contributed by atoms with Crippen LogP contribution in [0.1, 0.15) is 27.6 Å². The molecule has 0 spiro atoms. The number of carbonyl (C=O) groups excluding carboxylic acids is 1. The van der Waals surface area contributed by atoms with Crippen molar-refractivity contribution in [3.8, 4) is 6.07 Å². The van der Waals surface area contributed by atoms with E-state index in [9.17, 15) is 18.0 Å². The molecule has 0 aliphatic rings. The molecule has 0 fully saturated rings. The number of hydrogen-bond acceptors (Lipinski definition) is 4. The Morgan fingerprint density at radius 1 is 1.30 bits per heavy atom. The van der Waals surface area contributed by atoms with Crippen molar-refractivity contribution < 1.29 is 18.0 Å². The van der Waals surface area contributed by atoms with Gasteiger partial charge in [-0.3, -0.25) is 4.79 Å². The average molecular weight is 341 g/mol. The van der Waals surface area contributed by atoms with Gasteiger partial charge in [0, 0.05) is 11.4 Å². The molecule has 118 valence electrons. The smallest absolute Gasteiger partial charge is 0.321 e. The number of nitriles is 1. The molecule has 1 aromatic carbocycles. The number of amides is 1. The summed E-state index contributed by atoms with van der Waals surface area (Å²) in [6.07, 6.45) is -4.75. The van der Waals surface area contributed by atoms with Gasteiger partial charge >= 0.3 is 6.18 Å². The van der Waals surface area contributed by atoms with Crippen molar-refractivity contribution in [1.82, 2.24) is 9.97 Å². The van der Waals surface area contributed by atoms with Gasteiger partial charge in [0.25, 0.3) is 5.91 Å². The molecule has 2 rings (SSSR count). The van der Waals surface area contributed by atoms with Gasteiger partial charge < -0.3 is 5.32 Å². The minimum absolute atomic E-state index is 0.00957. The number of nitrogens with zero attached hydrogens (tertiary/aromatic N) is 3. The van der Waals surface area contributed by atoms with E-state index in [1.54, 1.807) is 0 Å². The highest BCUT2D eigenvalue weighted by molar-refractivity contribution is 6.32. The Bertz CT molecular complexity index is 815. The van der Waals surface area contributed by atoms with E-state index < -0.39 is 23.6 Å². The molecular weight excluding hydrogens is 333 g/mol. The molecule has 0 atom stereocenters. The molecule has 23 heavy (non-hydrogen) atoms. The summed E-state index contributed by atoms with van der Waals surface area (Å²) in [4.78, 5) is 18.5. The maximum absolute atomic E-state index is 12.7. The maximum atomic E-state index is 12.7. The number of carbonyl (C=O) groups is 1.